The van der Waals surface area contributed by atoms with Gasteiger partial charge >= 0.3 is 0 Å². The van der Waals surface area contributed by atoms with Crippen LogP contribution in [-0.2, 0) is 4.12 Å². The van der Waals surface area contributed by atoms with Crippen LogP contribution in [0.15, 0.2) is 0 Å². The first kappa shape index (κ1) is 15.3. The lowest BCUT2D eigenvalue weighted by molar-refractivity contribution is 0.520. The molecule has 0 unspecified atom stereocenters. The summed E-state index contributed by atoms with van der Waals surface area (Å²) in [4.78, 5) is 0. The number of hydrogen-bond donors (Lipinski definition) is 2. The number of rotatable bonds is 8. The molecule has 0 aliphatic heterocycles. The molecule has 0 heterocycles. The van der Waals surface area contributed by atoms with E-state index in [1.807, 2.05) is 0 Å². The summed E-state index contributed by atoms with van der Waals surface area (Å²) in [5, 5.41) is 0. The zero-order valence-corrected chi connectivity index (χ0v) is 12.8. The van der Waals surface area contributed by atoms with Crippen molar-refractivity contribution in [2.45, 2.75) is 51.1 Å². The molecule has 0 bridgehead atoms. The average Bonchev–Trinajstić information content (AvgIpc) is 2.16. The molecule has 0 aromatic rings. The van der Waals surface area contributed by atoms with E-state index in [-0.39, 0.29) is 0 Å². The van der Waals surface area contributed by atoms with Crippen molar-refractivity contribution in [1.82, 2.24) is 0 Å². The maximum absolute atomic E-state index is 6.52. The number of nitrogens with two attached hydrogens (primary N) is 2. The van der Waals surface area contributed by atoms with Crippen molar-refractivity contribution in [2.75, 3.05) is 13.1 Å². The normalized spacial score (nSPS) is 13.2. The van der Waals surface area contributed by atoms with Gasteiger partial charge in [-0.25, -0.2) is 0 Å². The van der Waals surface area contributed by atoms with E-state index in [0.717, 1.165) is 25.2 Å². The second kappa shape index (κ2) is 6.80. The molecule has 0 aliphatic carbocycles. The van der Waals surface area contributed by atoms with Crippen molar-refractivity contribution in [3.63, 3.8) is 0 Å². The summed E-state index contributed by atoms with van der Waals surface area (Å²) in [7, 11) is -3.07. The lowest BCUT2D eigenvalue weighted by Gasteiger charge is -2.37. The molecule has 3 nitrogen and oxygen atoms in total. The zero-order chi connectivity index (χ0) is 11.9. The summed E-state index contributed by atoms with van der Waals surface area (Å²) in [6.45, 7) is 10.6. The van der Waals surface area contributed by atoms with Crippen LogP contribution in [0.25, 0.3) is 0 Å². The monoisotopic (exact) mass is 248 g/mol. The quantitative estimate of drug-likeness (QED) is 0.647. The van der Waals surface area contributed by atoms with Gasteiger partial charge in [0.05, 0.1) is 0 Å². The third-order valence-electron chi connectivity index (χ3n) is 3.13. The van der Waals surface area contributed by atoms with Gasteiger partial charge in [0.25, 0.3) is 0 Å². The Morgan fingerprint density at radius 1 is 0.933 bits per heavy atom. The van der Waals surface area contributed by atoms with Crippen LogP contribution in [0.1, 0.15) is 13.8 Å². The molecule has 0 aliphatic rings. The van der Waals surface area contributed by atoms with Gasteiger partial charge in [0, 0.05) is 0 Å². The molecule has 5 heteroatoms. The van der Waals surface area contributed by atoms with Crippen molar-refractivity contribution >= 4 is 16.6 Å². The molecule has 0 fully saturated rings. The molecule has 0 aromatic carbocycles. The Kier molecular flexibility index (Phi) is 6.94. The highest BCUT2D eigenvalue weighted by atomic mass is 28.4. The van der Waals surface area contributed by atoms with E-state index in [2.05, 4.69) is 26.9 Å². The molecule has 0 rings (SSSR count). The lowest BCUT2D eigenvalue weighted by Crippen LogP contribution is -2.49. The van der Waals surface area contributed by atoms with Crippen LogP contribution in [0.2, 0.25) is 37.3 Å². The van der Waals surface area contributed by atoms with Crippen LogP contribution >= 0.6 is 0 Å². The predicted molar refractivity (Wildman–Crippen MR) is 73.0 cm³/mol. The Balaban J connectivity index is 4.50. The van der Waals surface area contributed by atoms with Crippen molar-refractivity contribution in [3.8, 4) is 0 Å². The van der Waals surface area contributed by atoms with Crippen LogP contribution in [0.3, 0.4) is 0 Å². The van der Waals surface area contributed by atoms with Gasteiger partial charge in [-0.2, -0.15) is 0 Å². The maximum atomic E-state index is 6.52. The minimum absolute atomic E-state index is 0.750. The van der Waals surface area contributed by atoms with Gasteiger partial charge in [-0.1, -0.05) is 13.8 Å². The highest BCUT2D eigenvalue weighted by Gasteiger charge is 2.36. The molecule has 0 saturated carbocycles. The van der Waals surface area contributed by atoms with Crippen LogP contribution in [-0.4, -0.2) is 29.7 Å². The van der Waals surface area contributed by atoms with Crippen molar-refractivity contribution in [2.24, 2.45) is 11.5 Å². The van der Waals surface area contributed by atoms with E-state index in [1.165, 1.54) is 12.1 Å². The minimum atomic E-state index is -1.54. The van der Waals surface area contributed by atoms with E-state index < -0.39 is 16.6 Å². The Morgan fingerprint density at radius 3 is 1.73 bits per heavy atom. The van der Waals surface area contributed by atoms with Crippen LogP contribution in [0.4, 0.5) is 0 Å². The summed E-state index contributed by atoms with van der Waals surface area (Å²) in [5.74, 6) is 0. The van der Waals surface area contributed by atoms with Gasteiger partial charge in [-0.15, -0.1) is 0 Å². The van der Waals surface area contributed by atoms with Gasteiger partial charge in [-0.3, -0.25) is 0 Å². The van der Waals surface area contributed by atoms with E-state index in [9.17, 15) is 0 Å². The molecule has 0 saturated heterocycles. The van der Waals surface area contributed by atoms with E-state index >= 15 is 0 Å². The molecule has 0 atom stereocenters. The predicted octanol–water partition coefficient (Wildman–Crippen LogP) is 2.11. The Bertz CT molecular complexity index is 173. The standard InChI is InChI=1S/C10H28N2OSi2/c1-5-15(6-2,10-8-12)13-14(3,4)9-7-11/h5-12H2,1-4H3. The highest BCUT2D eigenvalue weighted by Crippen LogP contribution is 2.27. The fourth-order valence-electron chi connectivity index (χ4n) is 2.05. The first-order chi connectivity index (χ1) is 6.95. The summed E-state index contributed by atoms with van der Waals surface area (Å²) >= 11 is 0. The zero-order valence-electron chi connectivity index (χ0n) is 10.8. The maximum Gasteiger partial charge on any atom is 0.180 e. The second-order valence-electron chi connectivity index (χ2n) is 4.83. The largest absolute Gasteiger partial charge is 0.455 e. The first-order valence-electron chi connectivity index (χ1n) is 6.05. The molecular weight excluding hydrogens is 220 g/mol. The van der Waals surface area contributed by atoms with Crippen molar-refractivity contribution < 1.29 is 4.12 Å². The smallest absolute Gasteiger partial charge is 0.180 e. The summed E-state index contributed by atoms with van der Waals surface area (Å²) in [6.07, 6.45) is 0. The molecule has 0 amide bonds. The van der Waals surface area contributed by atoms with Crippen molar-refractivity contribution in [1.29, 1.82) is 0 Å². The topological polar surface area (TPSA) is 61.3 Å². The average molecular weight is 249 g/mol. The second-order valence-corrected chi connectivity index (χ2v) is 13.9. The molecular formula is C10H28N2OSi2. The molecule has 0 radical (unpaired) electrons. The highest BCUT2D eigenvalue weighted by molar-refractivity contribution is 6.86. The van der Waals surface area contributed by atoms with Crippen LogP contribution < -0.4 is 11.5 Å². The van der Waals surface area contributed by atoms with Gasteiger partial charge in [-0.05, 0) is 50.4 Å². The van der Waals surface area contributed by atoms with Crippen LogP contribution in [0, 0.1) is 0 Å². The van der Waals surface area contributed by atoms with Gasteiger partial charge < -0.3 is 15.6 Å². The molecule has 4 N–H and O–H groups in total. The number of hydrogen-bond acceptors (Lipinski definition) is 3. The third kappa shape index (κ3) is 5.26. The van der Waals surface area contributed by atoms with Gasteiger partial charge in [0.2, 0.25) is 0 Å². The Labute approximate surface area is 96.8 Å². The van der Waals surface area contributed by atoms with E-state index in [4.69, 9.17) is 15.6 Å². The summed E-state index contributed by atoms with van der Waals surface area (Å²) in [6, 6.07) is 4.52. The van der Waals surface area contributed by atoms with E-state index in [0.29, 0.717) is 0 Å². The molecule has 0 aromatic heterocycles. The van der Waals surface area contributed by atoms with Crippen LogP contribution in [0.5, 0.6) is 0 Å². The molecule has 15 heavy (non-hydrogen) atoms. The fourth-order valence-corrected chi connectivity index (χ4v) is 11.1. The van der Waals surface area contributed by atoms with Gasteiger partial charge in [0.15, 0.2) is 16.6 Å². The Hall–Kier alpha value is 0.314. The summed E-state index contributed by atoms with van der Waals surface area (Å²) in [5.41, 5.74) is 11.3. The van der Waals surface area contributed by atoms with Crippen molar-refractivity contribution in [3.05, 3.63) is 0 Å². The SMILES string of the molecule is CC[Si](CC)(CCN)O[Si](C)(C)CCN. The first-order valence-corrected chi connectivity index (χ1v) is 11.7. The van der Waals surface area contributed by atoms with Gasteiger partial charge in [0.1, 0.15) is 0 Å². The lowest BCUT2D eigenvalue weighted by atomic mass is 10.8. The summed E-state index contributed by atoms with van der Waals surface area (Å²) < 4.78 is 6.52. The molecule has 0 spiro atoms. The minimum Gasteiger partial charge on any atom is -0.455 e. The third-order valence-corrected chi connectivity index (χ3v) is 12.3. The van der Waals surface area contributed by atoms with E-state index in [1.54, 1.807) is 0 Å². The fraction of sp³-hybridized carbons (Fsp3) is 1.00. The Morgan fingerprint density at radius 2 is 1.40 bits per heavy atom. The molecule has 92 valence electrons.